The zero-order valence-electron chi connectivity index (χ0n) is 21.0. The van der Waals surface area contributed by atoms with Crippen LogP contribution in [0.1, 0.15) is 6.42 Å². The molecule has 0 unspecified atom stereocenters. The maximum atomic E-state index is 12.5. The third-order valence-electron chi connectivity index (χ3n) is 6.02. The fraction of sp³-hybridized carbons (Fsp3) is 0.269. The molecule has 0 radical (unpaired) electrons. The Morgan fingerprint density at radius 3 is 2.61 bits per heavy atom. The smallest absolute Gasteiger partial charge is 0.240 e. The summed E-state index contributed by atoms with van der Waals surface area (Å²) in [5.74, 6) is 2.81. The summed E-state index contributed by atoms with van der Waals surface area (Å²) in [5.41, 5.74) is 3.51. The predicted molar refractivity (Wildman–Crippen MR) is 147 cm³/mol. The van der Waals surface area contributed by atoms with Gasteiger partial charge in [-0.1, -0.05) is 23.9 Å². The van der Waals surface area contributed by atoms with Crippen LogP contribution in [0.25, 0.3) is 22.6 Å². The molecule has 0 fully saturated rings. The van der Waals surface area contributed by atoms with Crippen molar-refractivity contribution in [3.8, 4) is 34.1 Å². The summed E-state index contributed by atoms with van der Waals surface area (Å²) in [6, 6.07) is 16.0. The maximum Gasteiger partial charge on any atom is 0.240 e. The lowest BCUT2D eigenvalue weighted by molar-refractivity contribution is 0.414. The minimum Gasteiger partial charge on any atom is -0.497 e. The molecule has 0 atom stereocenters. The molecule has 2 aromatic heterocycles. The Labute approximate surface area is 225 Å². The van der Waals surface area contributed by atoms with E-state index in [1.807, 2.05) is 30.3 Å². The number of benzene rings is 2. The number of hydrogen-bond acceptors (Lipinski definition) is 9. The molecule has 4 aromatic rings. The number of ether oxygens (including phenoxy) is 2. The van der Waals surface area contributed by atoms with E-state index in [2.05, 4.69) is 19.6 Å². The molecule has 2 aromatic carbocycles. The van der Waals surface area contributed by atoms with E-state index >= 15 is 0 Å². The molecule has 2 N–H and O–H groups in total. The van der Waals surface area contributed by atoms with E-state index in [9.17, 15) is 8.42 Å². The van der Waals surface area contributed by atoms with Crippen LogP contribution >= 0.6 is 11.8 Å². The van der Waals surface area contributed by atoms with Crippen LogP contribution in [0.2, 0.25) is 0 Å². The number of sulfonamides is 1. The van der Waals surface area contributed by atoms with Crippen molar-refractivity contribution in [2.75, 3.05) is 38.4 Å². The minimum absolute atomic E-state index is 0.195. The Balaban J connectivity index is 1.26. The second-order valence-electron chi connectivity index (χ2n) is 8.44. The summed E-state index contributed by atoms with van der Waals surface area (Å²) in [5, 5.41) is 4.17. The van der Waals surface area contributed by atoms with Gasteiger partial charge in [-0.3, -0.25) is 0 Å². The van der Waals surface area contributed by atoms with Gasteiger partial charge in [0.15, 0.2) is 5.16 Å². The highest BCUT2D eigenvalue weighted by Gasteiger charge is 2.25. The van der Waals surface area contributed by atoms with Crippen molar-refractivity contribution in [2.24, 2.45) is 0 Å². The number of methoxy groups -OCH3 is 2. The van der Waals surface area contributed by atoms with Crippen LogP contribution in [0, 0.1) is 0 Å². The Hall–Kier alpha value is -3.61. The first kappa shape index (κ1) is 26.0. The molecule has 38 heavy (non-hydrogen) atoms. The van der Waals surface area contributed by atoms with Gasteiger partial charge < -0.3 is 19.4 Å². The molecule has 10 nitrogen and oxygen atoms in total. The largest absolute Gasteiger partial charge is 0.497 e. The van der Waals surface area contributed by atoms with Crippen molar-refractivity contribution in [1.29, 1.82) is 0 Å². The van der Waals surface area contributed by atoms with E-state index in [1.165, 1.54) is 19.2 Å². The number of fused-ring (bicyclic) bond motifs is 1. The summed E-state index contributed by atoms with van der Waals surface area (Å²) >= 11 is 1.73. The van der Waals surface area contributed by atoms with Crippen LogP contribution in [0.15, 0.2) is 70.8 Å². The number of hydrogen-bond donors (Lipinski definition) is 2. The van der Waals surface area contributed by atoms with Gasteiger partial charge in [-0.05, 0) is 48.9 Å². The lowest BCUT2D eigenvalue weighted by Gasteiger charge is -2.11. The molecule has 1 aliphatic heterocycles. The molecule has 198 valence electrons. The number of rotatable bonds is 11. The molecular formula is C26H28N6O4S2. The quantitative estimate of drug-likeness (QED) is 0.267. The van der Waals surface area contributed by atoms with Crippen LogP contribution in [0.4, 0.5) is 5.95 Å². The van der Waals surface area contributed by atoms with Gasteiger partial charge in [-0.15, -0.1) is 0 Å². The van der Waals surface area contributed by atoms with Gasteiger partial charge in [-0.25, -0.2) is 28.1 Å². The van der Waals surface area contributed by atoms with Crippen LogP contribution in [-0.2, 0) is 16.6 Å². The molecule has 0 spiro atoms. The standard InChI is InChI=1S/C26H28N6O4S2/c1-35-19-7-9-21(10-8-19)38(33,34)29-13-4-12-27-25-28-14-11-22(30-25)24-23(31-26-32(24)15-16-37-26)18-5-3-6-20(17-18)36-2/h3,5-11,14,17,29H,4,12-13,15-16H2,1-2H3,(H,27,28,30). The summed E-state index contributed by atoms with van der Waals surface area (Å²) in [6.07, 6.45) is 2.27. The molecule has 5 rings (SSSR count). The van der Waals surface area contributed by atoms with E-state index in [0.29, 0.717) is 24.7 Å². The number of imidazole rings is 1. The Kier molecular flexibility index (Phi) is 7.82. The van der Waals surface area contributed by atoms with Gasteiger partial charge in [0.2, 0.25) is 16.0 Å². The number of nitrogens with zero attached hydrogens (tertiary/aromatic N) is 4. The molecule has 1 aliphatic rings. The SMILES string of the molecule is COc1ccc(S(=O)(=O)NCCCNc2nccc(-c3c(-c4cccc(OC)c4)nc4n3CCS4)n2)cc1. The first-order valence-electron chi connectivity index (χ1n) is 12.1. The molecule has 0 saturated heterocycles. The first-order chi connectivity index (χ1) is 18.5. The van der Waals surface area contributed by atoms with E-state index < -0.39 is 10.0 Å². The summed E-state index contributed by atoms with van der Waals surface area (Å²) < 4.78 is 40.3. The molecule has 12 heteroatoms. The third kappa shape index (κ3) is 5.62. The highest BCUT2D eigenvalue weighted by molar-refractivity contribution is 7.99. The lowest BCUT2D eigenvalue weighted by atomic mass is 10.1. The Bertz CT molecular complexity index is 1520. The fourth-order valence-electron chi connectivity index (χ4n) is 4.12. The van der Waals surface area contributed by atoms with Crippen LogP contribution < -0.4 is 19.5 Å². The third-order valence-corrected chi connectivity index (χ3v) is 8.45. The number of thioether (sulfide) groups is 1. The zero-order chi connectivity index (χ0) is 26.5. The van der Waals surface area contributed by atoms with Gasteiger partial charge in [0.05, 0.1) is 36.2 Å². The molecule has 0 aliphatic carbocycles. The van der Waals surface area contributed by atoms with E-state index in [0.717, 1.165) is 45.8 Å². The van der Waals surface area contributed by atoms with Gasteiger partial charge >= 0.3 is 0 Å². The normalized spacial score (nSPS) is 12.8. The van der Waals surface area contributed by atoms with E-state index in [-0.39, 0.29) is 11.4 Å². The van der Waals surface area contributed by atoms with Crippen LogP contribution in [-0.4, -0.2) is 61.0 Å². The highest BCUT2D eigenvalue weighted by Crippen LogP contribution is 2.39. The molecule has 0 bridgehead atoms. The topological polar surface area (TPSA) is 120 Å². The highest BCUT2D eigenvalue weighted by atomic mass is 32.2. The second-order valence-corrected chi connectivity index (χ2v) is 11.3. The van der Waals surface area contributed by atoms with Gasteiger partial charge in [0, 0.05) is 37.1 Å². The van der Waals surface area contributed by atoms with Crippen LogP contribution in [0.5, 0.6) is 11.5 Å². The Morgan fingerprint density at radius 1 is 1.00 bits per heavy atom. The number of nitrogens with one attached hydrogen (secondary N) is 2. The van der Waals surface area contributed by atoms with Crippen molar-refractivity contribution in [3.63, 3.8) is 0 Å². The number of anilines is 1. The molecule has 3 heterocycles. The monoisotopic (exact) mass is 552 g/mol. The maximum absolute atomic E-state index is 12.5. The minimum atomic E-state index is -3.59. The first-order valence-corrected chi connectivity index (χ1v) is 14.5. The average Bonchev–Trinajstić information content (AvgIpc) is 3.55. The second kappa shape index (κ2) is 11.4. The fourth-order valence-corrected chi connectivity index (χ4v) is 6.14. The van der Waals surface area contributed by atoms with Crippen molar-refractivity contribution in [2.45, 2.75) is 23.0 Å². The van der Waals surface area contributed by atoms with Crippen molar-refractivity contribution >= 4 is 27.7 Å². The zero-order valence-corrected chi connectivity index (χ0v) is 22.7. The molecule has 0 amide bonds. The molecule has 0 saturated carbocycles. The number of aromatic nitrogens is 4. The average molecular weight is 553 g/mol. The van der Waals surface area contributed by atoms with Gasteiger partial charge in [0.25, 0.3) is 0 Å². The Morgan fingerprint density at radius 2 is 1.82 bits per heavy atom. The van der Waals surface area contributed by atoms with Gasteiger partial charge in [0.1, 0.15) is 11.5 Å². The van der Waals surface area contributed by atoms with Crippen molar-refractivity contribution < 1.29 is 17.9 Å². The van der Waals surface area contributed by atoms with Crippen molar-refractivity contribution in [3.05, 3.63) is 60.8 Å². The van der Waals surface area contributed by atoms with Crippen LogP contribution in [0.3, 0.4) is 0 Å². The van der Waals surface area contributed by atoms with E-state index in [1.54, 1.807) is 37.2 Å². The predicted octanol–water partition coefficient (Wildman–Crippen LogP) is 3.91. The van der Waals surface area contributed by atoms with Crippen molar-refractivity contribution in [1.82, 2.24) is 24.2 Å². The van der Waals surface area contributed by atoms with Gasteiger partial charge in [-0.2, -0.15) is 0 Å². The summed E-state index contributed by atoms with van der Waals surface area (Å²) in [7, 11) is -0.409. The summed E-state index contributed by atoms with van der Waals surface area (Å²) in [6.45, 7) is 1.62. The lowest BCUT2D eigenvalue weighted by Crippen LogP contribution is -2.26. The van der Waals surface area contributed by atoms with E-state index in [4.69, 9.17) is 19.4 Å². The summed E-state index contributed by atoms with van der Waals surface area (Å²) in [4.78, 5) is 14.2. The molecular weight excluding hydrogens is 524 g/mol.